The molecule has 2 aromatic rings. The molecule has 0 aliphatic carbocycles. The summed E-state index contributed by atoms with van der Waals surface area (Å²) in [6, 6.07) is 11.7. The Kier molecular flexibility index (Phi) is 5.82. The summed E-state index contributed by atoms with van der Waals surface area (Å²) >= 11 is 0. The van der Waals surface area contributed by atoms with Gasteiger partial charge < -0.3 is 19.8 Å². The zero-order valence-electron chi connectivity index (χ0n) is 14.0. The van der Waals surface area contributed by atoms with E-state index in [1.54, 1.807) is 6.26 Å². The van der Waals surface area contributed by atoms with Gasteiger partial charge in [-0.25, -0.2) is 0 Å². The SMILES string of the molecule is CC(C)(C)NC(=O)COc1ccc(C[NH2+]Cc2ccco2)cc1. The molecular formula is C18H25N2O3+. The number of carbonyl (C=O) groups is 1. The van der Waals surface area contributed by atoms with Crippen LogP contribution in [-0.4, -0.2) is 18.1 Å². The van der Waals surface area contributed by atoms with Crippen molar-refractivity contribution in [2.45, 2.75) is 39.4 Å². The Balaban J connectivity index is 1.72. The maximum Gasteiger partial charge on any atom is 0.258 e. The van der Waals surface area contributed by atoms with Crippen molar-refractivity contribution in [1.82, 2.24) is 5.32 Å². The van der Waals surface area contributed by atoms with Gasteiger partial charge >= 0.3 is 0 Å². The van der Waals surface area contributed by atoms with Crippen molar-refractivity contribution in [2.24, 2.45) is 0 Å². The Morgan fingerprint density at radius 3 is 2.52 bits per heavy atom. The molecule has 1 aromatic carbocycles. The molecule has 23 heavy (non-hydrogen) atoms. The quantitative estimate of drug-likeness (QED) is 0.819. The van der Waals surface area contributed by atoms with Crippen LogP contribution in [0.5, 0.6) is 5.75 Å². The van der Waals surface area contributed by atoms with Crippen molar-refractivity contribution in [3.63, 3.8) is 0 Å². The number of quaternary nitrogens is 1. The number of nitrogens with two attached hydrogens (primary N) is 1. The Bertz CT molecular complexity index is 598. The van der Waals surface area contributed by atoms with E-state index in [0.717, 1.165) is 18.8 Å². The molecule has 0 aliphatic rings. The number of ether oxygens (including phenoxy) is 1. The van der Waals surface area contributed by atoms with E-state index >= 15 is 0 Å². The van der Waals surface area contributed by atoms with Crippen molar-refractivity contribution in [1.29, 1.82) is 0 Å². The molecule has 124 valence electrons. The maximum absolute atomic E-state index is 11.7. The number of benzene rings is 1. The molecule has 5 heteroatoms. The average molecular weight is 317 g/mol. The molecule has 0 aliphatic heterocycles. The molecule has 1 aromatic heterocycles. The average Bonchev–Trinajstić information content (AvgIpc) is 2.98. The third kappa shape index (κ3) is 6.57. The van der Waals surface area contributed by atoms with Gasteiger partial charge in [0.2, 0.25) is 0 Å². The summed E-state index contributed by atoms with van der Waals surface area (Å²) in [6.07, 6.45) is 1.69. The molecular weight excluding hydrogens is 292 g/mol. The van der Waals surface area contributed by atoms with Crippen LogP contribution in [0.3, 0.4) is 0 Å². The van der Waals surface area contributed by atoms with E-state index in [2.05, 4.69) is 10.6 Å². The van der Waals surface area contributed by atoms with E-state index < -0.39 is 0 Å². The van der Waals surface area contributed by atoms with Crippen LogP contribution in [-0.2, 0) is 17.9 Å². The first kappa shape index (κ1) is 17.1. The van der Waals surface area contributed by atoms with Crippen molar-refractivity contribution in [2.75, 3.05) is 6.61 Å². The van der Waals surface area contributed by atoms with Gasteiger partial charge in [0.15, 0.2) is 12.4 Å². The summed E-state index contributed by atoms with van der Waals surface area (Å²) in [5, 5.41) is 5.04. The minimum absolute atomic E-state index is 0.0290. The number of furan rings is 1. The highest BCUT2D eigenvalue weighted by Gasteiger charge is 2.13. The lowest BCUT2D eigenvalue weighted by molar-refractivity contribution is -0.687. The van der Waals surface area contributed by atoms with E-state index in [1.807, 2.05) is 57.2 Å². The molecule has 0 atom stereocenters. The number of rotatable bonds is 7. The van der Waals surface area contributed by atoms with Crippen LogP contribution in [0.25, 0.3) is 0 Å². The molecule has 0 radical (unpaired) electrons. The van der Waals surface area contributed by atoms with E-state index in [4.69, 9.17) is 9.15 Å². The zero-order valence-corrected chi connectivity index (χ0v) is 14.0. The van der Waals surface area contributed by atoms with Gasteiger partial charge in [0.05, 0.1) is 6.26 Å². The fraction of sp³-hybridized carbons (Fsp3) is 0.389. The van der Waals surface area contributed by atoms with Crippen LogP contribution in [0.2, 0.25) is 0 Å². The third-order valence-corrected chi connectivity index (χ3v) is 3.11. The van der Waals surface area contributed by atoms with Gasteiger partial charge in [0, 0.05) is 11.1 Å². The summed E-state index contributed by atoms with van der Waals surface area (Å²) in [5.74, 6) is 1.55. The summed E-state index contributed by atoms with van der Waals surface area (Å²) in [4.78, 5) is 11.7. The third-order valence-electron chi connectivity index (χ3n) is 3.11. The summed E-state index contributed by atoms with van der Waals surface area (Å²) in [5.41, 5.74) is 0.955. The van der Waals surface area contributed by atoms with Crippen LogP contribution in [0.4, 0.5) is 0 Å². The predicted molar refractivity (Wildman–Crippen MR) is 87.9 cm³/mol. The van der Waals surface area contributed by atoms with Gasteiger partial charge in [-0.3, -0.25) is 4.79 Å². The first-order valence-corrected chi connectivity index (χ1v) is 7.79. The molecule has 3 N–H and O–H groups in total. The number of hydrogen-bond donors (Lipinski definition) is 2. The fourth-order valence-electron chi connectivity index (χ4n) is 2.13. The van der Waals surface area contributed by atoms with E-state index in [-0.39, 0.29) is 18.1 Å². The normalized spacial score (nSPS) is 11.3. The highest BCUT2D eigenvalue weighted by Crippen LogP contribution is 2.11. The number of amides is 1. The Morgan fingerprint density at radius 1 is 1.17 bits per heavy atom. The largest absolute Gasteiger partial charge is 0.484 e. The molecule has 0 saturated heterocycles. The molecule has 1 heterocycles. The summed E-state index contributed by atoms with van der Waals surface area (Å²) in [6.45, 7) is 7.54. The predicted octanol–water partition coefficient (Wildman–Crippen LogP) is 1.84. The minimum Gasteiger partial charge on any atom is -0.484 e. The van der Waals surface area contributed by atoms with E-state index in [9.17, 15) is 4.79 Å². The van der Waals surface area contributed by atoms with Crippen molar-refractivity contribution in [3.8, 4) is 5.75 Å². The van der Waals surface area contributed by atoms with Crippen molar-refractivity contribution in [3.05, 3.63) is 54.0 Å². The smallest absolute Gasteiger partial charge is 0.258 e. The number of nitrogens with one attached hydrogen (secondary N) is 1. The highest BCUT2D eigenvalue weighted by molar-refractivity contribution is 5.78. The van der Waals surface area contributed by atoms with Crippen LogP contribution < -0.4 is 15.4 Å². The standard InChI is InChI=1S/C18H24N2O3/c1-18(2,3)20-17(21)13-23-15-8-6-14(7-9-15)11-19-12-16-5-4-10-22-16/h4-10,19H,11-13H2,1-3H3,(H,20,21)/p+1. The highest BCUT2D eigenvalue weighted by atomic mass is 16.5. The zero-order chi connectivity index (χ0) is 16.7. The second kappa shape index (κ2) is 7.83. The van der Waals surface area contributed by atoms with E-state index in [1.165, 1.54) is 5.56 Å². The van der Waals surface area contributed by atoms with Crippen LogP contribution in [0.15, 0.2) is 47.1 Å². The molecule has 0 unspecified atom stereocenters. The van der Waals surface area contributed by atoms with Gasteiger partial charge in [-0.2, -0.15) is 0 Å². The maximum atomic E-state index is 11.7. The Morgan fingerprint density at radius 2 is 1.91 bits per heavy atom. The van der Waals surface area contributed by atoms with Crippen LogP contribution >= 0.6 is 0 Å². The lowest BCUT2D eigenvalue weighted by Gasteiger charge is -2.20. The van der Waals surface area contributed by atoms with Gasteiger partial charge in [0.1, 0.15) is 18.8 Å². The topological polar surface area (TPSA) is 68.1 Å². The van der Waals surface area contributed by atoms with E-state index in [0.29, 0.717) is 5.75 Å². The Labute approximate surface area is 137 Å². The van der Waals surface area contributed by atoms with Gasteiger partial charge in [0.25, 0.3) is 5.91 Å². The fourth-order valence-corrected chi connectivity index (χ4v) is 2.13. The molecule has 0 saturated carbocycles. The van der Waals surface area contributed by atoms with Gasteiger partial charge in [-0.05, 0) is 57.2 Å². The molecule has 5 nitrogen and oxygen atoms in total. The van der Waals surface area contributed by atoms with Gasteiger partial charge in [-0.1, -0.05) is 0 Å². The van der Waals surface area contributed by atoms with Crippen LogP contribution in [0, 0.1) is 0 Å². The minimum atomic E-state index is -0.242. The summed E-state index contributed by atoms with van der Waals surface area (Å²) < 4.78 is 10.8. The first-order chi connectivity index (χ1) is 10.9. The number of carbonyl (C=O) groups excluding carboxylic acids is 1. The van der Waals surface area contributed by atoms with Crippen LogP contribution in [0.1, 0.15) is 32.1 Å². The van der Waals surface area contributed by atoms with Crippen molar-refractivity contribution < 1.29 is 19.3 Å². The lowest BCUT2D eigenvalue weighted by Crippen LogP contribution is -2.80. The molecule has 1 amide bonds. The monoisotopic (exact) mass is 317 g/mol. The molecule has 2 rings (SSSR count). The van der Waals surface area contributed by atoms with Gasteiger partial charge in [-0.15, -0.1) is 0 Å². The second-order valence-corrected chi connectivity index (χ2v) is 6.51. The Hall–Kier alpha value is -2.27. The lowest BCUT2D eigenvalue weighted by atomic mass is 10.1. The molecule has 0 spiro atoms. The number of hydrogen-bond acceptors (Lipinski definition) is 3. The second-order valence-electron chi connectivity index (χ2n) is 6.51. The molecule has 0 bridgehead atoms. The summed E-state index contributed by atoms with van der Waals surface area (Å²) in [7, 11) is 0. The first-order valence-electron chi connectivity index (χ1n) is 7.79. The van der Waals surface area contributed by atoms with Crippen molar-refractivity contribution >= 4 is 5.91 Å². The molecule has 0 fully saturated rings.